The molecule has 0 atom stereocenters. The van der Waals surface area contributed by atoms with Crippen LogP contribution in [-0.4, -0.2) is 28.3 Å². The first-order valence-corrected chi connectivity index (χ1v) is 5.22. The topological polar surface area (TPSA) is 53.6 Å². The summed E-state index contributed by atoms with van der Waals surface area (Å²) in [6, 6.07) is 6.31. The molecule has 0 unspecified atom stereocenters. The third-order valence-electron chi connectivity index (χ3n) is 2.75. The number of rotatable bonds is 2. The molecule has 4 nitrogen and oxygen atoms in total. The first-order valence-electron chi connectivity index (χ1n) is 5.22. The third kappa shape index (κ3) is 1.59. The Bertz CT molecular complexity index is 504. The van der Waals surface area contributed by atoms with Crippen LogP contribution >= 0.6 is 0 Å². The quantitative estimate of drug-likeness (QED) is 0.798. The van der Waals surface area contributed by atoms with Crippen molar-refractivity contribution in [1.82, 2.24) is 20.5 Å². The van der Waals surface area contributed by atoms with E-state index in [1.165, 1.54) is 12.1 Å². The van der Waals surface area contributed by atoms with Crippen molar-refractivity contribution in [2.75, 3.05) is 13.1 Å². The van der Waals surface area contributed by atoms with Gasteiger partial charge in [0, 0.05) is 24.6 Å². The van der Waals surface area contributed by atoms with Crippen molar-refractivity contribution in [3.63, 3.8) is 0 Å². The summed E-state index contributed by atoms with van der Waals surface area (Å²) in [4.78, 5) is 4.37. The van der Waals surface area contributed by atoms with E-state index in [1.807, 2.05) is 0 Å². The van der Waals surface area contributed by atoms with Crippen molar-refractivity contribution in [2.24, 2.45) is 0 Å². The van der Waals surface area contributed by atoms with Gasteiger partial charge < -0.3 is 5.32 Å². The second kappa shape index (κ2) is 3.68. The van der Waals surface area contributed by atoms with Crippen LogP contribution in [0.3, 0.4) is 0 Å². The fourth-order valence-corrected chi connectivity index (χ4v) is 1.70. The van der Waals surface area contributed by atoms with Crippen LogP contribution in [0, 0.1) is 5.82 Å². The van der Waals surface area contributed by atoms with Gasteiger partial charge in [-0.2, -0.15) is 5.10 Å². The molecule has 2 aromatic rings. The van der Waals surface area contributed by atoms with Gasteiger partial charge >= 0.3 is 0 Å². The Labute approximate surface area is 91.9 Å². The molecule has 5 heteroatoms. The maximum atomic E-state index is 13.0. The minimum atomic E-state index is -0.269. The van der Waals surface area contributed by atoms with E-state index < -0.39 is 0 Å². The maximum absolute atomic E-state index is 13.0. The number of aromatic amines is 1. The molecule has 0 saturated carbocycles. The maximum Gasteiger partial charge on any atom is 0.181 e. The zero-order chi connectivity index (χ0) is 11.0. The second-order valence-corrected chi connectivity index (χ2v) is 3.91. The Balaban J connectivity index is 1.91. The van der Waals surface area contributed by atoms with Crippen molar-refractivity contribution < 1.29 is 4.39 Å². The summed E-state index contributed by atoms with van der Waals surface area (Å²) in [5.41, 5.74) is 0.704. The number of nitrogens with zero attached hydrogens (tertiary/aromatic N) is 2. The number of aromatic nitrogens is 3. The zero-order valence-corrected chi connectivity index (χ0v) is 8.57. The molecule has 1 saturated heterocycles. The predicted octanol–water partition coefficient (Wildman–Crippen LogP) is 1.30. The highest BCUT2D eigenvalue weighted by molar-refractivity contribution is 5.54. The number of hydrogen-bond donors (Lipinski definition) is 2. The summed E-state index contributed by atoms with van der Waals surface area (Å²) < 4.78 is 13.0. The van der Waals surface area contributed by atoms with E-state index in [0.717, 1.165) is 18.9 Å². The number of H-pyrrole nitrogens is 1. The van der Waals surface area contributed by atoms with Gasteiger partial charge in [0.1, 0.15) is 11.6 Å². The highest BCUT2D eigenvalue weighted by Crippen LogP contribution is 2.20. The summed E-state index contributed by atoms with van der Waals surface area (Å²) >= 11 is 0. The zero-order valence-electron chi connectivity index (χ0n) is 8.57. The standard InChI is InChI=1S/C11H11FN4/c12-9-3-1-2-7(4-9)10-14-11(16-15-10)8-5-13-6-8/h1-4,8,13H,5-6H2,(H,14,15,16). The largest absolute Gasteiger partial charge is 0.315 e. The van der Waals surface area contributed by atoms with E-state index in [1.54, 1.807) is 12.1 Å². The van der Waals surface area contributed by atoms with Gasteiger partial charge in [0.05, 0.1) is 0 Å². The normalized spacial score (nSPS) is 16.1. The van der Waals surface area contributed by atoms with E-state index in [4.69, 9.17) is 0 Å². The minimum Gasteiger partial charge on any atom is -0.315 e. The van der Waals surface area contributed by atoms with Gasteiger partial charge in [0.15, 0.2) is 5.82 Å². The molecular formula is C11H11FN4. The Morgan fingerprint density at radius 3 is 2.88 bits per heavy atom. The van der Waals surface area contributed by atoms with Crippen LogP contribution in [0.5, 0.6) is 0 Å². The molecule has 2 N–H and O–H groups in total. The number of nitrogens with one attached hydrogen (secondary N) is 2. The molecule has 1 aromatic carbocycles. The van der Waals surface area contributed by atoms with E-state index in [0.29, 0.717) is 17.3 Å². The summed E-state index contributed by atoms with van der Waals surface area (Å²) in [5.74, 6) is 1.57. The molecule has 0 spiro atoms. The number of halogens is 1. The molecule has 0 amide bonds. The van der Waals surface area contributed by atoms with Crippen LogP contribution in [0.2, 0.25) is 0 Å². The highest BCUT2D eigenvalue weighted by atomic mass is 19.1. The Hall–Kier alpha value is -1.75. The summed E-state index contributed by atoms with van der Waals surface area (Å²) in [7, 11) is 0. The predicted molar refractivity (Wildman–Crippen MR) is 57.4 cm³/mol. The number of benzene rings is 1. The van der Waals surface area contributed by atoms with Crippen molar-refractivity contribution in [1.29, 1.82) is 0 Å². The molecule has 2 heterocycles. The van der Waals surface area contributed by atoms with E-state index in [-0.39, 0.29) is 5.82 Å². The monoisotopic (exact) mass is 218 g/mol. The molecule has 1 aromatic heterocycles. The fraction of sp³-hybridized carbons (Fsp3) is 0.273. The Morgan fingerprint density at radius 1 is 1.31 bits per heavy atom. The van der Waals surface area contributed by atoms with Crippen molar-refractivity contribution >= 4 is 0 Å². The van der Waals surface area contributed by atoms with Gasteiger partial charge in [-0.25, -0.2) is 9.37 Å². The molecular weight excluding hydrogens is 207 g/mol. The average molecular weight is 218 g/mol. The molecule has 16 heavy (non-hydrogen) atoms. The summed E-state index contributed by atoms with van der Waals surface area (Å²) in [6.07, 6.45) is 0. The van der Waals surface area contributed by atoms with Crippen molar-refractivity contribution in [2.45, 2.75) is 5.92 Å². The van der Waals surface area contributed by atoms with Gasteiger partial charge in [-0.1, -0.05) is 12.1 Å². The van der Waals surface area contributed by atoms with Crippen LogP contribution in [0.4, 0.5) is 4.39 Å². The molecule has 0 aliphatic carbocycles. The minimum absolute atomic E-state index is 0.269. The molecule has 82 valence electrons. The van der Waals surface area contributed by atoms with Crippen molar-refractivity contribution in [3.8, 4) is 11.4 Å². The Morgan fingerprint density at radius 2 is 2.19 bits per heavy atom. The van der Waals surface area contributed by atoms with E-state index in [2.05, 4.69) is 20.5 Å². The molecule has 1 aliphatic heterocycles. The number of hydrogen-bond acceptors (Lipinski definition) is 3. The smallest absolute Gasteiger partial charge is 0.181 e. The third-order valence-corrected chi connectivity index (χ3v) is 2.75. The van der Waals surface area contributed by atoms with E-state index in [9.17, 15) is 4.39 Å². The highest BCUT2D eigenvalue weighted by Gasteiger charge is 2.22. The molecule has 1 fully saturated rings. The van der Waals surface area contributed by atoms with E-state index >= 15 is 0 Å². The Kier molecular flexibility index (Phi) is 2.18. The van der Waals surface area contributed by atoms with Gasteiger partial charge in [-0.05, 0) is 12.1 Å². The summed E-state index contributed by atoms with van der Waals surface area (Å²) in [6.45, 7) is 1.86. The van der Waals surface area contributed by atoms with Crippen LogP contribution in [-0.2, 0) is 0 Å². The summed E-state index contributed by atoms with van der Waals surface area (Å²) in [5, 5.41) is 10.2. The lowest BCUT2D eigenvalue weighted by Crippen LogP contribution is -2.40. The van der Waals surface area contributed by atoms with Crippen LogP contribution < -0.4 is 5.32 Å². The van der Waals surface area contributed by atoms with Gasteiger partial charge in [-0.15, -0.1) is 0 Å². The van der Waals surface area contributed by atoms with Crippen LogP contribution in [0.15, 0.2) is 24.3 Å². The van der Waals surface area contributed by atoms with Gasteiger partial charge in [0.2, 0.25) is 0 Å². The average Bonchev–Trinajstić information content (AvgIpc) is 2.64. The fourth-order valence-electron chi connectivity index (χ4n) is 1.70. The molecule has 0 radical (unpaired) electrons. The van der Waals surface area contributed by atoms with Crippen LogP contribution in [0.25, 0.3) is 11.4 Å². The lowest BCUT2D eigenvalue weighted by Gasteiger charge is -2.24. The lowest BCUT2D eigenvalue weighted by molar-refractivity contribution is 0.431. The van der Waals surface area contributed by atoms with Gasteiger partial charge in [-0.3, -0.25) is 5.10 Å². The molecule has 0 bridgehead atoms. The first kappa shape index (κ1) is 9.47. The second-order valence-electron chi connectivity index (χ2n) is 3.91. The first-order chi connectivity index (χ1) is 7.83. The van der Waals surface area contributed by atoms with Crippen molar-refractivity contribution in [3.05, 3.63) is 35.9 Å². The van der Waals surface area contributed by atoms with Gasteiger partial charge in [0.25, 0.3) is 0 Å². The molecule has 3 rings (SSSR count). The molecule has 1 aliphatic rings. The SMILES string of the molecule is Fc1cccc(-c2n[nH]c(C3CNC3)n2)c1. The van der Waals surface area contributed by atoms with Crippen LogP contribution in [0.1, 0.15) is 11.7 Å². The lowest BCUT2D eigenvalue weighted by atomic mass is 10.0.